The Hall–Kier alpha value is -4.37. The van der Waals surface area contributed by atoms with Gasteiger partial charge in [0.2, 0.25) is 0 Å². The van der Waals surface area contributed by atoms with E-state index in [0.29, 0.717) is 40.9 Å². The van der Waals surface area contributed by atoms with Gasteiger partial charge >= 0.3 is 11.8 Å². The molecule has 3 rings (SSSR count). The second-order valence-electron chi connectivity index (χ2n) is 7.35. The molecule has 9 nitrogen and oxygen atoms in total. The molecule has 0 saturated heterocycles. The van der Waals surface area contributed by atoms with Crippen LogP contribution in [0.5, 0.6) is 11.5 Å². The van der Waals surface area contributed by atoms with E-state index in [-0.39, 0.29) is 12.5 Å². The van der Waals surface area contributed by atoms with Gasteiger partial charge in [-0.25, -0.2) is 5.43 Å². The van der Waals surface area contributed by atoms with Gasteiger partial charge in [0, 0.05) is 17.3 Å². The van der Waals surface area contributed by atoms with Crippen molar-refractivity contribution in [1.82, 2.24) is 10.7 Å². The fraction of sp³-hybridized carbons (Fsp3) is 0.154. The molecule has 0 saturated carbocycles. The van der Waals surface area contributed by atoms with Crippen molar-refractivity contribution in [2.75, 3.05) is 18.5 Å². The van der Waals surface area contributed by atoms with Crippen molar-refractivity contribution in [2.45, 2.75) is 13.5 Å². The molecule has 0 aromatic heterocycles. The van der Waals surface area contributed by atoms with E-state index in [1.807, 2.05) is 37.3 Å². The van der Waals surface area contributed by atoms with Crippen molar-refractivity contribution in [3.8, 4) is 11.5 Å². The summed E-state index contributed by atoms with van der Waals surface area (Å²) in [5, 5.41) is 9.46. The van der Waals surface area contributed by atoms with Crippen molar-refractivity contribution >= 4 is 41.2 Å². The fourth-order valence-electron chi connectivity index (χ4n) is 2.95. The lowest BCUT2D eigenvalue weighted by Gasteiger charge is -2.12. The number of benzene rings is 3. The minimum atomic E-state index is -0.947. The van der Waals surface area contributed by atoms with Crippen LogP contribution < -0.4 is 25.5 Å². The highest BCUT2D eigenvalue weighted by Gasteiger charge is 2.13. The van der Waals surface area contributed by atoms with Crippen LogP contribution in [0.25, 0.3) is 0 Å². The van der Waals surface area contributed by atoms with Gasteiger partial charge in [0.15, 0.2) is 18.1 Å². The summed E-state index contributed by atoms with van der Waals surface area (Å²) in [4.78, 5) is 36.1. The normalized spacial score (nSPS) is 10.5. The molecule has 0 aliphatic carbocycles. The van der Waals surface area contributed by atoms with Gasteiger partial charge in [0.05, 0.1) is 12.8 Å². The first-order valence-electron chi connectivity index (χ1n) is 11.0. The van der Waals surface area contributed by atoms with Crippen molar-refractivity contribution < 1.29 is 23.9 Å². The topological polar surface area (TPSA) is 118 Å². The van der Waals surface area contributed by atoms with E-state index in [1.54, 1.807) is 36.4 Å². The summed E-state index contributed by atoms with van der Waals surface area (Å²) in [7, 11) is 0. The Kier molecular flexibility index (Phi) is 9.84. The van der Waals surface area contributed by atoms with Crippen LogP contribution in [0.15, 0.2) is 77.9 Å². The van der Waals surface area contributed by atoms with Crippen LogP contribution in [0.1, 0.15) is 18.1 Å². The molecule has 0 spiro atoms. The largest absolute Gasteiger partial charge is 0.490 e. The predicted molar refractivity (Wildman–Crippen MR) is 137 cm³/mol. The van der Waals surface area contributed by atoms with Crippen molar-refractivity contribution in [3.63, 3.8) is 0 Å². The lowest BCUT2D eigenvalue weighted by atomic mass is 10.2. The highest BCUT2D eigenvalue weighted by atomic mass is 35.5. The third-order valence-electron chi connectivity index (χ3n) is 4.63. The molecule has 3 aromatic carbocycles. The fourth-order valence-corrected chi connectivity index (χ4v) is 3.14. The number of ether oxygens (including phenoxy) is 2. The quantitative estimate of drug-likeness (QED) is 0.220. The van der Waals surface area contributed by atoms with E-state index in [4.69, 9.17) is 21.1 Å². The number of rotatable bonds is 10. The van der Waals surface area contributed by atoms with Gasteiger partial charge in [-0.1, -0.05) is 48.0 Å². The van der Waals surface area contributed by atoms with Gasteiger partial charge in [-0.15, -0.1) is 0 Å². The summed E-state index contributed by atoms with van der Waals surface area (Å²) in [6.07, 6.45) is 1.35. The van der Waals surface area contributed by atoms with Crippen molar-refractivity contribution in [2.24, 2.45) is 5.10 Å². The van der Waals surface area contributed by atoms with Crippen LogP contribution in [0, 0.1) is 0 Å². The molecule has 0 radical (unpaired) electrons. The first-order valence-corrected chi connectivity index (χ1v) is 11.4. The summed E-state index contributed by atoms with van der Waals surface area (Å²) in [5.74, 6) is -1.32. The maximum absolute atomic E-state index is 12.1. The maximum atomic E-state index is 12.1. The Labute approximate surface area is 213 Å². The Bertz CT molecular complexity index is 1230. The predicted octanol–water partition coefficient (Wildman–Crippen LogP) is 3.52. The summed E-state index contributed by atoms with van der Waals surface area (Å²) >= 11 is 5.86. The minimum absolute atomic E-state index is 0.182. The average Bonchev–Trinajstić information content (AvgIpc) is 2.87. The third kappa shape index (κ3) is 8.44. The molecule has 0 heterocycles. The molecule has 0 atom stereocenters. The van der Waals surface area contributed by atoms with Gasteiger partial charge in [-0.2, -0.15) is 5.10 Å². The SMILES string of the molecule is CCOc1cc(/C=N\NC(=O)C(=O)Nc2cccc(Cl)c2)ccc1OCC(=O)NCc1ccccc1. The van der Waals surface area contributed by atoms with Gasteiger partial charge < -0.3 is 20.1 Å². The minimum Gasteiger partial charge on any atom is -0.490 e. The number of hydrazone groups is 1. The summed E-state index contributed by atoms with van der Waals surface area (Å²) in [6.45, 7) is 2.41. The molecule has 0 unspecified atom stereocenters. The summed E-state index contributed by atoms with van der Waals surface area (Å²) < 4.78 is 11.2. The number of nitrogens with one attached hydrogen (secondary N) is 3. The zero-order valence-electron chi connectivity index (χ0n) is 19.5. The maximum Gasteiger partial charge on any atom is 0.329 e. The molecule has 0 aliphatic rings. The number of amides is 3. The molecule has 3 N–H and O–H groups in total. The molecule has 3 aromatic rings. The molecular formula is C26H25ClN4O5. The molecule has 10 heteroatoms. The van der Waals surface area contributed by atoms with Crippen LogP contribution >= 0.6 is 11.6 Å². The lowest BCUT2D eigenvalue weighted by molar-refractivity contribution is -0.136. The molecule has 186 valence electrons. The van der Waals surface area contributed by atoms with E-state index < -0.39 is 11.8 Å². The highest BCUT2D eigenvalue weighted by molar-refractivity contribution is 6.39. The zero-order chi connectivity index (χ0) is 25.8. The summed E-state index contributed by atoms with van der Waals surface area (Å²) in [6, 6.07) is 20.9. The van der Waals surface area contributed by atoms with E-state index >= 15 is 0 Å². The second-order valence-corrected chi connectivity index (χ2v) is 7.79. The van der Waals surface area contributed by atoms with Crippen LogP contribution in [0.4, 0.5) is 5.69 Å². The smallest absolute Gasteiger partial charge is 0.329 e. The van der Waals surface area contributed by atoms with E-state index in [0.717, 1.165) is 5.56 Å². The monoisotopic (exact) mass is 508 g/mol. The van der Waals surface area contributed by atoms with E-state index in [1.165, 1.54) is 12.3 Å². The number of hydrogen-bond acceptors (Lipinski definition) is 6. The third-order valence-corrected chi connectivity index (χ3v) is 4.86. The number of nitrogens with zero attached hydrogens (tertiary/aromatic N) is 1. The van der Waals surface area contributed by atoms with Crippen LogP contribution in [-0.4, -0.2) is 37.1 Å². The number of carbonyl (C=O) groups is 3. The first kappa shape index (κ1) is 26.2. The van der Waals surface area contributed by atoms with Crippen LogP contribution in [0.2, 0.25) is 5.02 Å². The average molecular weight is 509 g/mol. The van der Waals surface area contributed by atoms with Gasteiger partial charge in [-0.05, 0) is 54.4 Å². The Morgan fingerprint density at radius 3 is 2.47 bits per heavy atom. The van der Waals surface area contributed by atoms with E-state index in [9.17, 15) is 14.4 Å². The lowest BCUT2D eigenvalue weighted by Crippen LogP contribution is -2.32. The molecule has 36 heavy (non-hydrogen) atoms. The Morgan fingerprint density at radius 2 is 1.72 bits per heavy atom. The van der Waals surface area contributed by atoms with Gasteiger partial charge in [0.1, 0.15) is 0 Å². The Balaban J connectivity index is 1.52. The highest BCUT2D eigenvalue weighted by Crippen LogP contribution is 2.28. The molecule has 0 fully saturated rings. The van der Waals surface area contributed by atoms with Crippen LogP contribution in [-0.2, 0) is 20.9 Å². The number of hydrogen-bond donors (Lipinski definition) is 3. The van der Waals surface area contributed by atoms with Crippen molar-refractivity contribution in [1.29, 1.82) is 0 Å². The second kappa shape index (κ2) is 13.5. The number of halogens is 1. The molecule has 3 amide bonds. The summed E-state index contributed by atoms with van der Waals surface area (Å²) in [5.41, 5.74) is 4.11. The first-order chi connectivity index (χ1) is 17.4. The van der Waals surface area contributed by atoms with Gasteiger partial charge in [-0.3, -0.25) is 14.4 Å². The molecule has 0 aliphatic heterocycles. The molecular weight excluding hydrogens is 484 g/mol. The standard InChI is InChI=1S/C26H25ClN4O5/c1-2-35-23-13-19(16-29-31-26(34)25(33)30-21-10-6-9-20(27)14-21)11-12-22(23)36-17-24(32)28-15-18-7-4-3-5-8-18/h3-14,16H,2,15,17H2,1H3,(H,28,32)(H,30,33)(H,31,34)/b29-16-. The number of carbonyl (C=O) groups excluding carboxylic acids is 3. The van der Waals surface area contributed by atoms with Gasteiger partial charge in [0.25, 0.3) is 5.91 Å². The zero-order valence-corrected chi connectivity index (χ0v) is 20.2. The molecule has 0 bridgehead atoms. The van der Waals surface area contributed by atoms with Crippen molar-refractivity contribution in [3.05, 3.63) is 88.9 Å². The van der Waals surface area contributed by atoms with Crippen LogP contribution in [0.3, 0.4) is 0 Å². The van der Waals surface area contributed by atoms with E-state index in [2.05, 4.69) is 21.2 Å². The Morgan fingerprint density at radius 1 is 0.917 bits per heavy atom. The number of anilines is 1.